The van der Waals surface area contributed by atoms with E-state index in [0.29, 0.717) is 23.0 Å². The van der Waals surface area contributed by atoms with Gasteiger partial charge in [-0.2, -0.15) is 4.52 Å². The van der Waals surface area contributed by atoms with Crippen molar-refractivity contribution in [1.82, 2.24) is 19.8 Å². The van der Waals surface area contributed by atoms with Gasteiger partial charge in [0, 0.05) is 11.4 Å². The maximum absolute atomic E-state index is 13.7. The summed E-state index contributed by atoms with van der Waals surface area (Å²) < 4.78 is 28.9. The Morgan fingerprint density at radius 2 is 1.71 bits per heavy atom. The quantitative estimate of drug-likeness (QED) is 0.511. The van der Waals surface area contributed by atoms with E-state index in [-0.39, 0.29) is 15.6 Å². The molecule has 1 aliphatic rings. The molecule has 2 aromatic heterocycles. The van der Waals surface area contributed by atoms with Crippen molar-refractivity contribution in [3.05, 3.63) is 53.1 Å². The largest absolute Gasteiger partial charge is 0.367 e. The van der Waals surface area contributed by atoms with Crippen LogP contribution in [-0.4, -0.2) is 34.3 Å². The van der Waals surface area contributed by atoms with Crippen LogP contribution in [0.5, 0.6) is 0 Å². The van der Waals surface area contributed by atoms with Gasteiger partial charge in [0.1, 0.15) is 5.82 Å². The molecule has 2 heterocycles. The van der Waals surface area contributed by atoms with E-state index in [1.54, 1.807) is 0 Å². The van der Waals surface area contributed by atoms with Crippen molar-refractivity contribution in [2.45, 2.75) is 62.4 Å². The summed E-state index contributed by atoms with van der Waals surface area (Å²) in [4.78, 5) is 5.02. The van der Waals surface area contributed by atoms with Crippen molar-refractivity contribution in [2.75, 3.05) is 5.32 Å². The highest BCUT2D eigenvalue weighted by atomic mass is 32.2. The number of para-hydroxylation sites is 1. The van der Waals surface area contributed by atoms with E-state index in [1.807, 2.05) is 57.2 Å². The Kier molecular flexibility index (Phi) is 4.69. The van der Waals surface area contributed by atoms with Gasteiger partial charge in [-0.05, 0) is 56.9 Å². The van der Waals surface area contributed by atoms with Crippen LogP contribution in [-0.2, 0) is 9.84 Å². The third-order valence-electron chi connectivity index (χ3n) is 6.05. The van der Waals surface area contributed by atoms with Crippen LogP contribution in [0.25, 0.3) is 16.6 Å². The highest BCUT2D eigenvalue weighted by molar-refractivity contribution is 7.91. The molecule has 7 nitrogen and oxygen atoms in total. The van der Waals surface area contributed by atoms with Gasteiger partial charge < -0.3 is 5.32 Å². The van der Waals surface area contributed by atoms with Gasteiger partial charge in [0.25, 0.3) is 0 Å². The number of aryl methyl sites for hydroxylation is 3. The second kappa shape index (κ2) is 7.30. The molecule has 0 aliphatic heterocycles. The number of fused-ring (bicyclic) bond motifs is 3. The van der Waals surface area contributed by atoms with Gasteiger partial charge in [-0.3, -0.25) is 0 Å². The van der Waals surface area contributed by atoms with Gasteiger partial charge in [-0.25, -0.2) is 13.4 Å². The summed E-state index contributed by atoms with van der Waals surface area (Å²) >= 11 is 0. The summed E-state index contributed by atoms with van der Waals surface area (Å²) in [7, 11) is -3.90. The van der Waals surface area contributed by atoms with Crippen molar-refractivity contribution in [2.24, 2.45) is 0 Å². The highest BCUT2D eigenvalue weighted by Gasteiger charge is 2.30. The third kappa shape index (κ3) is 3.26. The highest BCUT2D eigenvalue weighted by Crippen LogP contribution is 2.32. The lowest BCUT2D eigenvalue weighted by Crippen LogP contribution is -2.16. The first-order valence-corrected chi connectivity index (χ1v) is 12.1. The van der Waals surface area contributed by atoms with E-state index in [2.05, 4.69) is 15.6 Å². The Balaban J connectivity index is 1.75. The Bertz CT molecular complexity index is 1400. The lowest BCUT2D eigenvalue weighted by atomic mass is 10.1. The minimum Gasteiger partial charge on any atom is -0.367 e. The number of anilines is 1. The maximum Gasteiger partial charge on any atom is 0.230 e. The zero-order chi connectivity index (χ0) is 21.8. The average molecular weight is 436 g/mol. The number of benzene rings is 2. The SMILES string of the molecule is Cc1cc(C)c(S(=O)(=O)c2nnn3c2nc(NC2CCCC2)c2ccccc23)c(C)c1. The van der Waals surface area contributed by atoms with Gasteiger partial charge in [-0.15, -0.1) is 5.10 Å². The molecule has 0 atom stereocenters. The van der Waals surface area contributed by atoms with E-state index in [0.717, 1.165) is 29.3 Å². The lowest BCUT2D eigenvalue weighted by molar-refractivity contribution is 0.591. The van der Waals surface area contributed by atoms with Crippen LogP contribution in [0.3, 0.4) is 0 Å². The van der Waals surface area contributed by atoms with E-state index in [1.165, 1.54) is 17.4 Å². The first-order chi connectivity index (χ1) is 14.9. The Hall–Kier alpha value is -3.00. The van der Waals surface area contributed by atoms with Crippen molar-refractivity contribution in [3.63, 3.8) is 0 Å². The van der Waals surface area contributed by atoms with Gasteiger partial charge in [0.15, 0.2) is 5.65 Å². The standard InChI is InChI=1S/C23H25N5O2S/c1-14-12-15(2)20(16(3)13-14)31(29,30)23-22-25-21(24-17-8-4-5-9-17)18-10-6-7-11-19(18)28(22)27-26-23/h6-7,10-13,17H,4-5,8-9H2,1-3H3,(H,24,25). The Morgan fingerprint density at radius 3 is 2.42 bits per heavy atom. The average Bonchev–Trinajstić information content (AvgIpc) is 3.37. The zero-order valence-corrected chi connectivity index (χ0v) is 18.7. The smallest absolute Gasteiger partial charge is 0.230 e. The van der Waals surface area contributed by atoms with Crippen LogP contribution in [0.2, 0.25) is 0 Å². The minimum absolute atomic E-state index is 0.109. The first kappa shape index (κ1) is 19.9. The van der Waals surface area contributed by atoms with Crippen molar-refractivity contribution >= 4 is 32.2 Å². The summed E-state index contributed by atoms with van der Waals surface area (Å²) in [6, 6.07) is 11.8. The number of hydrogen-bond donors (Lipinski definition) is 1. The van der Waals surface area contributed by atoms with Crippen LogP contribution in [0.4, 0.5) is 5.82 Å². The molecule has 1 N–H and O–H groups in total. The molecule has 2 aromatic carbocycles. The van der Waals surface area contributed by atoms with Gasteiger partial charge in [0.05, 0.1) is 10.4 Å². The molecule has 0 amide bonds. The molecule has 0 spiro atoms. The second-order valence-electron chi connectivity index (χ2n) is 8.46. The number of sulfone groups is 1. The van der Waals surface area contributed by atoms with E-state index >= 15 is 0 Å². The maximum atomic E-state index is 13.7. The van der Waals surface area contributed by atoms with E-state index in [9.17, 15) is 8.42 Å². The molecule has 1 saturated carbocycles. The van der Waals surface area contributed by atoms with E-state index in [4.69, 9.17) is 4.98 Å². The Labute approximate surface area is 181 Å². The number of rotatable bonds is 4. The monoisotopic (exact) mass is 435 g/mol. The minimum atomic E-state index is -3.90. The molecule has 0 radical (unpaired) electrons. The summed E-state index contributed by atoms with van der Waals surface area (Å²) in [6.07, 6.45) is 4.56. The van der Waals surface area contributed by atoms with Crippen molar-refractivity contribution in [3.8, 4) is 0 Å². The van der Waals surface area contributed by atoms with Crippen LogP contribution in [0.15, 0.2) is 46.3 Å². The fourth-order valence-electron chi connectivity index (χ4n) is 4.78. The number of aromatic nitrogens is 4. The molecule has 0 unspecified atom stereocenters. The van der Waals surface area contributed by atoms with Crippen LogP contribution in [0, 0.1) is 20.8 Å². The number of hydrogen-bond acceptors (Lipinski definition) is 6. The van der Waals surface area contributed by atoms with Crippen molar-refractivity contribution < 1.29 is 8.42 Å². The molecule has 1 aliphatic carbocycles. The van der Waals surface area contributed by atoms with Gasteiger partial charge in [0.2, 0.25) is 14.9 Å². The summed E-state index contributed by atoms with van der Waals surface area (Å²) in [6.45, 7) is 5.58. The molecule has 1 fully saturated rings. The normalized spacial score (nSPS) is 15.2. The Morgan fingerprint density at radius 1 is 1.03 bits per heavy atom. The molecule has 160 valence electrons. The van der Waals surface area contributed by atoms with Gasteiger partial charge >= 0.3 is 0 Å². The molecule has 4 aromatic rings. The predicted molar refractivity (Wildman–Crippen MR) is 120 cm³/mol. The molecule has 0 saturated heterocycles. The molecular weight excluding hydrogens is 410 g/mol. The number of nitrogens with one attached hydrogen (secondary N) is 1. The molecular formula is C23H25N5O2S. The fraction of sp³-hybridized carbons (Fsp3) is 0.348. The second-order valence-corrected chi connectivity index (χ2v) is 10.3. The molecule has 8 heteroatoms. The fourth-order valence-corrected chi connectivity index (χ4v) is 6.46. The lowest BCUT2D eigenvalue weighted by Gasteiger charge is -2.15. The van der Waals surface area contributed by atoms with Crippen LogP contribution >= 0.6 is 0 Å². The van der Waals surface area contributed by atoms with Gasteiger partial charge in [-0.1, -0.05) is 47.9 Å². The predicted octanol–water partition coefficient (Wildman–Crippen LogP) is 4.39. The van der Waals surface area contributed by atoms with E-state index < -0.39 is 9.84 Å². The molecule has 31 heavy (non-hydrogen) atoms. The summed E-state index contributed by atoms with van der Waals surface area (Å²) in [5, 5.41) is 12.6. The number of nitrogens with zero attached hydrogens (tertiary/aromatic N) is 4. The zero-order valence-electron chi connectivity index (χ0n) is 17.9. The molecule has 0 bridgehead atoms. The topological polar surface area (TPSA) is 89.2 Å². The van der Waals surface area contributed by atoms with Crippen molar-refractivity contribution in [1.29, 1.82) is 0 Å². The van der Waals surface area contributed by atoms with Crippen LogP contribution < -0.4 is 5.32 Å². The first-order valence-electron chi connectivity index (χ1n) is 10.6. The van der Waals surface area contributed by atoms with Crippen LogP contribution in [0.1, 0.15) is 42.4 Å². The summed E-state index contributed by atoms with van der Waals surface area (Å²) in [5.41, 5.74) is 3.44. The summed E-state index contributed by atoms with van der Waals surface area (Å²) in [5.74, 6) is 0.686. The molecule has 5 rings (SSSR count). The third-order valence-corrected chi connectivity index (χ3v) is 8.00.